The summed E-state index contributed by atoms with van der Waals surface area (Å²) in [5, 5.41) is 3.39. The van der Waals surface area contributed by atoms with Crippen LogP contribution in [0, 0.1) is 5.92 Å². The van der Waals surface area contributed by atoms with Gasteiger partial charge in [0.1, 0.15) is 0 Å². The van der Waals surface area contributed by atoms with Crippen molar-refractivity contribution in [2.45, 2.75) is 31.7 Å². The molecule has 1 atom stereocenters. The molecule has 0 radical (unpaired) electrons. The van der Waals surface area contributed by atoms with Crippen LogP contribution in [0.25, 0.3) is 0 Å². The second-order valence-corrected chi connectivity index (χ2v) is 8.03. The Hall–Kier alpha value is -0.170. The van der Waals surface area contributed by atoms with Gasteiger partial charge in [-0.1, -0.05) is 0 Å². The van der Waals surface area contributed by atoms with E-state index < -0.39 is 10.0 Å². The Morgan fingerprint density at radius 3 is 2.58 bits per heavy atom. The summed E-state index contributed by atoms with van der Waals surface area (Å²) in [6.45, 7) is 4.64. The maximum Gasteiger partial charge on any atom is 0.211 e. The van der Waals surface area contributed by atoms with Crippen LogP contribution in [0.15, 0.2) is 0 Å². The Bertz CT molecular complexity index is 379. The number of hydrogen-bond donors (Lipinski definition) is 1. The highest BCUT2D eigenvalue weighted by Crippen LogP contribution is 2.21. The molecule has 0 amide bonds. The molecule has 0 aliphatic carbocycles. The molecule has 19 heavy (non-hydrogen) atoms. The van der Waals surface area contributed by atoms with Crippen LogP contribution >= 0.6 is 0 Å². The highest BCUT2D eigenvalue weighted by molar-refractivity contribution is 7.88. The van der Waals surface area contributed by atoms with Crippen molar-refractivity contribution in [2.24, 2.45) is 5.92 Å². The van der Waals surface area contributed by atoms with Crippen LogP contribution in [-0.2, 0) is 10.0 Å². The third kappa shape index (κ3) is 4.41. The Kier molecular flexibility index (Phi) is 5.22. The minimum absolute atomic E-state index is 0.489. The monoisotopic (exact) mass is 289 g/mol. The van der Waals surface area contributed by atoms with Gasteiger partial charge in [-0.2, -0.15) is 0 Å². The van der Waals surface area contributed by atoms with Crippen LogP contribution in [0.4, 0.5) is 0 Å². The van der Waals surface area contributed by atoms with Crippen LogP contribution in [0.2, 0.25) is 0 Å². The Morgan fingerprint density at radius 1 is 1.26 bits per heavy atom. The number of hydrogen-bond acceptors (Lipinski definition) is 4. The van der Waals surface area contributed by atoms with E-state index in [2.05, 4.69) is 17.3 Å². The van der Waals surface area contributed by atoms with E-state index in [4.69, 9.17) is 0 Å². The van der Waals surface area contributed by atoms with Gasteiger partial charge in [-0.05, 0) is 51.7 Å². The lowest BCUT2D eigenvalue weighted by Gasteiger charge is -2.37. The lowest BCUT2D eigenvalue weighted by molar-refractivity contribution is 0.144. The van der Waals surface area contributed by atoms with E-state index in [1.54, 1.807) is 4.31 Å². The van der Waals surface area contributed by atoms with Crippen molar-refractivity contribution in [2.75, 3.05) is 46.0 Å². The van der Waals surface area contributed by atoms with Crippen molar-refractivity contribution in [3.63, 3.8) is 0 Å². The zero-order chi connectivity index (χ0) is 13.9. The number of nitrogens with one attached hydrogen (secondary N) is 1. The van der Waals surface area contributed by atoms with Crippen molar-refractivity contribution in [1.82, 2.24) is 14.5 Å². The molecule has 2 saturated heterocycles. The topological polar surface area (TPSA) is 52.7 Å². The minimum atomic E-state index is -3.01. The first-order chi connectivity index (χ1) is 8.97. The van der Waals surface area contributed by atoms with Gasteiger partial charge in [0.2, 0.25) is 10.0 Å². The third-order valence-corrected chi connectivity index (χ3v) is 5.70. The molecule has 0 aromatic rings. The first-order valence-electron chi connectivity index (χ1n) is 7.33. The van der Waals surface area contributed by atoms with Crippen LogP contribution in [-0.4, -0.2) is 69.7 Å². The number of piperidine rings is 2. The van der Waals surface area contributed by atoms with E-state index >= 15 is 0 Å². The number of sulfonamides is 1. The lowest BCUT2D eigenvalue weighted by atomic mass is 9.97. The van der Waals surface area contributed by atoms with Gasteiger partial charge < -0.3 is 10.2 Å². The predicted molar refractivity (Wildman–Crippen MR) is 77.7 cm³/mol. The Labute approximate surface area is 117 Å². The summed E-state index contributed by atoms with van der Waals surface area (Å²) in [6, 6.07) is 0.662. The van der Waals surface area contributed by atoms with Crippen LogP contribution < -0.4 is 5.32 Å². The SMILES string of the molecule is CN(CC1CCCN(S(C)(=O)=O)C1)C1CCNCC1. The molecule has 2 rings (SSSR count). The van der Waals surface area contributed by atoms with Gasteiger partial charge in [-0.15, -0.1) is 0 Å². The molecule has 0 aromatic heterocycles. The Balaban J connectivity index is 1.84. The molecule has 2 heterocycles. The molecular weight excluding hydrogens is 262 g/mol. The van der Waals surface area contributed by atoms with Crippen molar-refractivity contribution < 1.29 is 8.42 Å². The first kappa shape index (κ1) is 15.2. The van der Waals surface area contributed by atoms with Crippen molar-refractivity contribution >= 4 is 10.0 Å². The number of nitrogens with zero attached hydrogens (tertiary/aromatic N) is 2. The van der Waals surface area contributed by atoms with Crippen molar-refractivity contribution in [1.29, 1.82) is 0 Å². The summed E-state index contributed by atoms with van der Waals surface area (Å²) >= 11 is 0. The minimum Gasteiger partial charge on any atom is -0.317 e. The molecule has 6 heteroatoms. The molecule has 0 aromatic carbocycles. The third-order valence-electron chi connectivity index (χ3n) is 4.43. The predicted octanol–water partition coefficient (Wildman–Crippen LogP) is 0.342. The van der Waals surface area contributed by atoms with Crippen LogP contribution in [0.1, 0.15) is 25.7 Å². The second-order valence-electron chi connectivity index (χ2n) is 6.05. The standard InChI is InChI=1S/C13H27N3O2S/c1-15(13-5-7-14-8-6-13)10-12-4-3-9-16(11-12)19(2,17)18/h12-14H,3-11H2,1-2H3. The molecule has 0 bridgehead atoms. The van der Waals surface area contributed by atoms with E-state index in [9.17, 15) is 8.42 Å². The summed E-state index contributed by atoms with van der Waals surface area (Å²) in [5.41, 5.74) is 0. The smallest absolute Gasteiger partial charge is 0.211 e. The quantitative estimate of drug-likeness (QED) is 0.811. The van der Waals surface area contributed by atoms with E-state index in [1.165, 1.54) is 19.1 Å². The first-order valence-corrected chi connectivity index (χ1v) is 9.17. The Morgan fingerprint density at radius 2 is 1.95 bits per heavy atom. The van der Waals surface area contributed by atoms with Gasteiger partial charge in [0.15, 0.2) is 0 Å². The van der Waals surface area contributed by atoms with Crippen molar-refractivity contribution in [3.8, 4) is 0 Å². The molecule has 0 spiro atoms. The molecule has 2 fully saturated rings. The zero-order valence-corrected chi connectivity index (χ0v) is 13.0. The van der Waals surface area contributed by atoms with E-state index in [-0.39, 0.29) is 0 Å². The van der Waals surface area contributed by atoms with E-state index in [1.807, 2.05) is 0 Å². The fourth-order valence-corrected chi connectivity index (χ4v) is 4.22. The summed E-state index contributed by atoms with van der Waals surface area (Å²) in [5.74, 6) is 0.489. The fourth-order valence-electron chi connectivity index (χ4n) is 3.28. The van der Waals surface area contributed by atoms with Crippen LogP contribution in [0.3, 0.4) is 0 Å². The molecule has 5 nitrogen and oxygen atoms in total. The summed E-state index contributed by atoms with van der Waals surface area (Å²) in [6.07, 6.45) is 5.89. The second kappa shape index (κ2) is 6.52. The number of rotatable bonds is 4. The molecule has 2 aliphatic rings. The molecular formula is C13H27N3O2S. The normalized spacial score (nSPS) is 27.8. The summed E-state index contributed by atoms with van der Waals surface area (Å²) in [7, 11) is -0.825. The van der Waals surface area contributed by atoms with E-state index in [0.29, 0.717) is 25.0 Å². The van der Waals surface area contributed by atoms with Gasteiger partial charge in [0.05, 0.1) is 6.26 Å². The largest absolute Gasteiger partial charge is 0.317 e. The van der Waals surface area contributed by atoms with Gasteiger partial charge in [0, 0.05) is 25.7 Å². The van der Waals surface area contributed by atoms with Gasteiger partial charge >= 0.3 is 0 Å². The summed E-state index contributed by atoms with van der Waals surface area (Å²) in [4.78, 5) is 2.44. The van der Waals surface area contributed by atoms with Crippen LogP contribution in [0.5, 0.6) is 0 Å². The molecule has 1 N–H and O–H groups in total. The van der Waals surface area contributed by atoms with Gasteiger partial charge in [-0.3, -0.25) is 0 Å². The van der Waals surface area contributed by atoms with Gasteiger partial charge in [0.25, 0.3) is 0 Å². The van der Waals surface area contributed by atoms with E-state index in [0.717, 1.165) is 32.5 Å². The maximum absolute atomic E-state index is 11.6. The summed E-state index contributed by atoms with van der Waals surface area (Å²) < 4.78 is 24.9. The highest BCUT2D eigenvalue weighted by Gasteiger charge is 2.28. The molecule has 1 unspecified atom stereocenters. The van der Waals surface area contributed by atoms with Gasteiger partial charge in [-0.25, -0.2) is 12.7 Å². The lowest BCUT2D eigenvalue weighted by Crippen LogP contribution is -2.46. The van der Waals surface area contributed by atoms with Crippen molar-refractivity contribution in [3.05, 3.63) is 0 Å². The average Bonchev–Trinajstić information content (AvgIpc) is 2.39. The molecule has 2 aliphatic heterocycles. The average molecular weight is 289 g/mol. The molecule has 112 valence electrons. The molecule has 0 saturated carbocycles. The fraction of sp³-hybridized carbons (Fsp3) is 1.00. The highest BCUT2D eigenvalue weighted by atomic mass is 32.2. The zero-order valence-electron chi connectivity index (χ0n) is 12.1. The maximum atomic E-state index is 11.6.